The molecule has 0 aromatic carbocycles. The number of alkyl halides is 1. The highest BCUT2D eigenvalue weighted by Crippen LogP contribution is 2.31. The highest BCUT2D eigenvalue weighted by Gasteiger charge is 2.45. The summed E-state index contributed by atoms with van der Waals surface area (Å²) in [5, 5.41) is 20.9. The number of aliphatic hydroxyl groups excluding tert-OH is 2. The Labute approximate surface area is 132 Å². The van der Waals surface area contributed by atoms with Gasteiger partial charge in [0.25, 0.3) is 0 Å². The number of carbonyl (C=O) groups is 1. The number of anilines is 1. The summed E-state index contributed by atoms with van der Waals surface area (Å²) in [6.45, 7) is 0.699. The molecule has 21 heavy (non-hydrogen) atoms. The molecule has 10 heteroatoms. The summed E-state index contributed by atoms with van der Waals surface area (Å²) in [5.74, 6) is -0.328. The zero-order valence-electron chi connectivity index (χ0n) is 10.9. The second-order valence-electron chi connectivity index (χ2n) is 4.49. The molecule has 1 fully saturated rings. The molecular weight excluding hydrogens is 400 g/mol. The van der Waals surface area contributed by atoms with Crippen LogP contribution in [0.25, 0.3) is 0 Å². The quantitative estimate of drug-likeness (QED) is 0.571. The van der Waals surface area contributed by atoms with Crippen molar-refractivity contribution in [3.8, 4) is 0 Å². The van der Waals surface area contributed by atoms with Gasteiger partial charge in [-0.2, -0.15) is 4.98 Å². The molecule has 1 aliphatic heterocycles. The average Bonchev–Trinajstić information content (AvgIpc) is 2.69. The lowest BCUT2D eigenvalue weighted by molar-refractivity contribution is -0.114. The molecule has 0 saturated carbocycles. The SMILES string of the molecule is CC(=O)Nc1nc(=O)n(C2OC(CO)C(O)C2F)cc1I. The van der Waals surface area contributed by atoms with Crippen LogP contribution in [0, 0.1) is 3.57 Å². The first-order valence-corrected chi connectivity index (χ1v) is 7.07. The maximum Gasteiger partial charge on any atom is 0.351 e. The van der Waals surface area contributed by atoms with Crippen molar-refractivity contribution in [2.24, 2.45) is 0 Å². The summed E-state index contributed by atoms with van der Waals surface area (Å²) in [7, 11) is 0. The average molecular weight is 413 g/mol. The van der Waals surface area contributed by atoms with Crippen LogP contribution in [-0.2, 0) is 9.53 Å². The highest BCUT2D eigenvalue weighted by molar-refractivity contribution is 14.1. The molecule has 1 saturated heterocycles. The summed E-state index contributed by atoms with van der Waals surface area (Å²) >= 11 is 1.82. The van der Waals surface area contributed by atoms with Crippen molar-refractivity contribution in [2.75, 3.05) is 11.9 Å². The third kappa shape index (κ3) is 3.22. The van der Waals surface area contributed by atoms with Crippen molar-refractivity contribution >= 4 is 34.3 Å². The van der Waals surface area contributed by atoms with Crippen molar-refractivity contribution in [2.45, 2.75) is 31.5 Å². The van der Waals surface area contributed by atoms with Crippen LogP contribution in [0.3, 0.4) is 0 Å². The number of carbonyl (C=O) groups excluding carboxylic acids is 1. The van der Waals surface area contributed by atoms with E-state index in [1.807, 2.05) is 22.6 Å². The molecule has 2 heterocycles. The van der Waals surface area contributed by atoms with Gasteiger partial charge < -0.3 is 20.3 Å². The third-order valence-electron chi connectivity index (χ3n) is 2.95. The van der Waals surface area contributed by atoms with Gasteiger partial charge in [0.2, 0.25) is 5.91 Å². The summed E-state index contributed by atoms with van der Waals surface area (Å²) in [6.07, 6.45) is -4.62. The smallest absolute Gasteiger partial charge is 0.351 e. The predicted octanol–water partition coefficient (Wildman–Crippen LogP) is -0.605. The molecule has 1 aromatic rings. The number of nitrogens with one attached hydrogen (secondary N) is 1. The van der Waals surface area contributed by atoms with Crippen molar-refractivity contribution in [1.82, 2.24) is 9.55 Å². The van der Waals surface area contributed by atoms with Gasteiger partial charge >= 0.3 is 5.69 Å². The van der Waals surface area contributed by atoms with Crippen LogP contribution in [0.5, 0.6) is 0 Å². The van der Waals surface area contributed by atoms with Crippen LogP contribution in [0.1, 0.15) is 13.2 Å². The molecule has 4 atom stereocenters. The minimum Gasteiger partial charge on any atom is -0.394 e. The second-order valence-corrected chi connectivity index (χ2v) is 5.65. The van der Waals surface area contributed by atoms with E-state index < -0.39 is 42.8 Å². The van der Waals surface area contributed by atoms with Crippen molar-refractivity contribution in [1.29, 1.82) is 0 Å². The van der Waals surface area contributed by atoms with Crippen molar-refractivity contribution in [3.05, 3.63) is 20.3 Å². The Balaban J connectivity index is 2.35. The Kier molecular flexibility index (Phi) is 4.91. The van der Waals surface area contributed by atoms with Gasteiger partial charge in [0.05, 0.1) is 10.2 Å². The molecule has 3 N–H and O–H groups in total. The molecule has 1 aliphatic rings. The third-order valence-corrected chi connectivity index (χ3v) is 3.74. The minimum absolute atomic E-state index is 0.0667. The topological polar surface area (TPSA) is 114 Å². The molecule has 116 valence electrons. The number of aliphatic hydroxyl groups is 2. The maximum absolute atomic E-state index is 14.0. The van der Waals surface area contributed by atoms with Crippen LogP contribution in [0.4, 0.5) is 10.2 Å². The standard InChI is InChI=1S/C11H13FIN3O5/c1-4(18)14-9-5(13)2-16(11(20)15-9)10-7(12)8(19)6(3-17)21-10/h2,6-8,10,17,19H,3H2,1H3,(H,14,15,18,20). The van der Waals surface area contributed by atoms with Gasteiger partial charge in [-0.25, -0.2) is 9.18 Å². The van der Waals surface area contributed by atoms with Crippen LogP contribution in [0.2, 0.25) is 0 Å². The van der Waals surface area contributed by atoms with E-state index in [1.165, 1.54) is 13.1 Å². The van der Waals surface area contributed by atoms with E-state index in [0.717, 1.165) is 4.57 Å². The lowest BCUT2D eigenvalue weighted by Gasteiger charge is -2.17. The van der Waals surface area contributed by atoms with E-state index in [2.05, 4.69) is 10.3 Å². The number of ether oxygens (including phenoxy) is 1. The van der Waals surface area contributed by atoms with E-state index in [9.17, 15) is 19.1 Å². The van der Waals surface area contributed by atoms with Crippen molar-refractivity contribution in [3.63, 3.8) is 0 Å². The fourth-order valence-electron chi connectivity index (χ4n) is 1.96. The molecule has 1 aromatic heterocycles. The fraction of sp³-hybridized carbons (Fsp3) is 0.545. The van der Waals surface area contributed by atoms with Gasteiger partial charge in [-0.1, -0.05) is 0 Å². The van der Waals surface area contributed by atoms with Gasteiger partial charge in [0, 0.05) is 13.1 Å². The lowest BCUT2D eigenvalue weighted by Crippen LogP contribution is -2.34. The molecule has 0 aliphatic carbocycles. The van der Waals surface area contributed by atoms with Gasteiger partial charge in [0.15, 0.2) is 18.2 Å². The molecule has 2 rings (SSSR count). The lowest BCUT2D eigenvalue weighted by atomic mass is 10.1. The number of aromatic nitrogens is 2. The molecular formula is C11H13FIN3O5. The maximum atomic E-state index is 14.0. The number of hydrogen-bond acceptors (Lipinski definition) is 6. The molecule has 0 bridgehead atoms. The Morgan fingerprint density at radius 1 is 1.67 bits per heavy atom. The Bertz CT molecular complexity index is 610. The first-order chi connectivity index (χ1) is 9.85. The van der Waals surface area contributed by atoms with Crippen molar-refractivity contribution < 1.29 is 24.1 Å². The fourth-order valence-corrected chi connectivity index (χ4v) is 2.52. The molecule has 8 nitrogen and oxygen atoms in total. The van der Waals surface area contributed by atoms with Crippen LogP contribution < -0.4 is 11.0 Å². The monoisotopic (exact) mass is 413 g/mol. The number of halogens is 2. The van der Waals surface area contributed by atoms with Gasteiger partial charge in [-0.15, -0.1) is 0 Å². The number of amides is 1. The molecule has 0 radical (unpaired) electrons. The van der Waals surface area contributed by atoms with Gasteiger partial charge in [-0.3, -0.25) is 9.36 Å². The van der Waals surface area contributed by atoms with Crippen LogP contribution in [-0.4, -0.2) is 50.7 Å². The largest absolute Gasteiger partial charge is 0.394 e. The predicted molar refractivity (Wildman–Crippen MR) is 77.4 cm³/mol. The van der Waals surface area contributed by atoms with E-state index in [0.29, 0.717) is 3.57 Å². The van der Waals surface area contributed by atoms with E-state index in [4.69, 9.17) is 9.84 Å². The zero-order chi connectivity index (χ0) is 15.7. The first kappa shape index (κ1) is 16.3. The van der Waals surface area contributed by atoms with E-state index in [1.54, 1.807) is 0 Å². The first-order valence-electron chi connectivity index (χ1n) is 6.00. The minimum atomic E-state index is -1.87. The molecule has 1 amide bonds. The summed E-state index contributed by atoms with van der Waals surface area (Å²) in [4.78, 5) is 26.5. The number of nitrogens with zero attached hydrogens (tertiary/aromatic N) is 2. The number of rotatable bonds is 3. The Hall–Kier alpha value is -1.11. The Morgan fingerprint density at radius 2 is 2.33 bits per heavy atom. The molecule has 0 spiro atoms. The van der Waals surface area contributed by atoms with Crippen LogP contribution >= 0.6 is 22.6 Å². The van der Waals surface area contributed by atoms with Gasteiger partial charge in [-0.05, 0) is 22.6 Å². The highest BCUT2D eigenvalue weighted by atomic mass is 127. The number of hydrogen-bond donors (Lipinski definition) is 3. The summed E-state index contributed by atoms with van der Waals surface area (Å²) < 4.78 is 20.4. The molecule has 4 unspecified atom stereocenters. The van der Waals surface area contributed by atoms with Gasteiger partial charge in [0.1, 0.15) is 12.2 Å². The van der Waals surface area contributed by atoms with E-state index in [-0.39, 0.29) is 5.82 Å². The van der Waals surface area contributed by atoms with E-state index >= 15 is 0 Å². The zero-order valence-corrected chi connectivity index (χ0v) is 13.0. The Morgan fingerprint density at radius 3 is 2.86 bits per heavy atom. The van der Waals surface area contributed by atoms with Crippen LogP contribution in [0.15, 0.2) is 11.0 Å². The summed E-state index contributed by atoms with van der Waals surface area (Å²) in [6, 6.07) is 0. The normalized spacial score (nSPS) is 28.6. The second kappa shape index (κ2) is 6.34. The summed E-state index contributed by atoms with van der Waals surface area (Å²) in [5.41, 5.74) is -0.836.